The van der Waals surface area contributed by atoms with Crippen molar-refractivity contribution in [1.82, 2.24) is 19.7 Å². The summed E-state index contributed by atoms with van der Waals surface area (Å²) in [6.07, 6.45) is 8.48. The van der Waals surface area contributed by atoms with Gasteiger partial charge in [0.1, 0.15) is 5.65 Å². The summed E-state index contributed by atoms with van der Waals surface area (Å²) < 4.78 is 3.81. The van der Waals surface area contributed by atoms with E-state index in [1.54, 1.807) is 0 Å². The van der Waals surface area contributed by atoms with Gasteiger partial charge in [-0.1, -0.05) is 0 Å². The summed E-state index contributed by atoms with van der Waals surface area (Å²) >= 11 is 0. The van der Waals surface area contributed by atoms with Crippen LogP contribution in [-0.2, 0) is 19.9 Å². The van der Waals surface area contributed by atoms with E-state index in [0.717, 1.165) is 49.9 Å². The Bertz CT molecular complexity index is 722. The maximum atomic E-state index is 12.9. The highest BCUT2D eigenvalue weighted by atomic mass is 16.1. The molecule has 2 aliphatic rings. The number of hydrogen-bond acceptors (Lipinski definition) is 3. The second-order valence-corrected chi connectivity index (χ2v) is 5.96. The molecule has 0 radical (unpaired) electrons. The molecule has 0 aromatic carbocycles. The zero-order valence-electron chi connectivity index (χ0n) is 11.9. The number of aryl methyl sites for hydroxylation is 2. The van der Waals surface area contributed by atoms with Crippen LogP contribution in [0.3, 0.4) is 0 Å². The molecule has 1 saturated heterocycles. The van der Waals surface area contributed by atoms with Gasteiger partial charge in [-0.05, 0) is 50.6 Å². The fourth-order valence-corrected chi connectivity index (χ4v) is 3.79. The predicted octanol–water partition coefficient (Wildman–Crippen LogP) is 1.50. The minimum Gasteiger partial charge on any atom is -0.297 e. The van der Waals surface area contributed by atoms with Crippen molar-refractivity contribution in [3.63, 3.8) is 0 Å². The van der Waals surface area contributed by atoms with Gasteiger partial charge in [-0.15, -0.1) is 0 Å². The van der Waals surface area contributed by atoms with Gasteiger partial charge >= 0.3 is 0 Å². The van der Waals surface area contributed by atoms with E-state index < -0.39 is 0 Å². The van der Waals surface area contributed by atoms with Gasteiger partial charge in [-0.3, -0.25) is 19.4 Å². The first-order valence-corrected chi connectivity index (χ1v) is 7.58. The van der Waals surface area contributed by atoms with Crippen LogP contribution in [-0.4, -0.2) is 20.9 Å². The molecule has 0 unspecified atom stereocenters. The zero-order chi connectivity index (χ0) is 13.7. The Hall–Kier alpha value is -1.62. The molecule has 1 atom stereocenters. The van der Waals surface area contributed by atoms with Gasteiger partial charge in [-0.25, -0.2) is 0 Å². The molecule has 2 aromatic heterocycles. The Labute approximate surface area is 117 Å². The molecule has 0 bridgehead atoms. The van der Waals surface area contributed by atoms with E-state index >= 15 is 0 Å². The van der Waals surface area contributed by atoms with Gasteiger partial charge < -0.3 is 0 Å². The monoisotopic (exact) mass is 272 g/mol. The summed E-state index contributed by atoms with van der Waals surface area (Å²) in [5.74, 6) is 0. The van der Waals surface area contributed by atoms with Gasteiger partial charge in [0.25, 0.3) is 5.56 Å². The number of nitrogens with zero attached hydrogens (tertiary/aromatic N) is 3. The molecule has 5 nitrogen and oxygen atoms in total. The number of hydrogen-bond donors (Lipinski definition) is 1. The number of fused-ring (bicyclic) bond motifs is 3. The highest BCUT2D eigenvalue weighted by molar-refractivity contribution is 5.80. The summed E-state index contributed by atoms with van der Waals surface area (Å²) in [7, 11) is 1.93. The molecule has 0 saturated carbocycles. The lowest BCUT2D eigenvalue weighted by Gasteiger charge is -2.22. The zero-order valence-corrected chi connectivity index (χ0v) is 11.9. The van der Waals surface area contributed by atoms with Crippen molar-refractivity contribution < 1.29 is 0 Å². The Morgan fingerprint density at radius 2 is 2.05 bits per heavy atom. The Balaban J connectivity index is 2.08. The standard InChI is InChI=1S/C15H20N4O/c1-18-14-12(9-17-18)10-5-2-3-6-11(10)15(20)19(14)13-7-4-8-16-13/h9,13,16H,2-8H2,1H3/t13-/m1/s1. The second-order valence-electron chi connectivity index (χ2n) is 5.96. The molecule has 0 amide bonds. The van der Waals surface area contributed by atoms with Crippen molar-refractivity contribution in [2.45, 2.75) is 44.7 Å². The molecule has 1 N–H and O–H groups in total. The fourth-order valence-electron chi connectivity index (χ4n) is 3.79. The topological polar surface area (TPSA) is 51.9 Å². The molecule has 4 rings (SSSR count). The SMILES string of the molecule is Cn1ncc2c3c(c(=O)n([C@@H]4CCCN4)c21)CCCC3. The molecule has 1 aliphatic carbocycles. The van der Waals surface area contributed by atoms with E-state index in [1.165, 1.54) is 17.4 Å². The Morgan fingerprint density at radius 3 is 2.80 bits per heavy atom. The molecule has 2 aromatic rings. The van der Waals surface area contributed by atoms with E-state index in [9.17, 15) is 4.79 Å². The van der Waals surface area contributed by atoms with Crippen molar-refractivity contribution in [3.05, 3.63) is 27.7 Å². The van der Waals surface area contributed by atoms with Gasteiger partial charge in [0.05, 0.1) is 12.4 Å². The van der Waals surface area contributed by atoms with Crippen molar-refractivity contribution in [2.24, 2.45) is 7.05 Å². The smallest absolute Gasteiger partial charge is 0.256 e. The molecular formula is C15H20N4O. The largest absolute Gasteiger partial charge is 0.297 e. The highest BCUT2D eigenvalue weighted by Crippen LogP contribution is 2.29. The van der Waals surface area contributed by atoms with Gasteiger partial charge in [0.15, 0.2) is 0 Å². The lowest BCUT2D eigenvalue weighted by molar-refractivity contribution is 0.457. The maximum Gasteiger partial charge on any atom is 0.256 e. The summed E-state index contributed by atoms with van der Waals surface area (Å²) in [4.78, 5) is 12.9. The van der Waals surface area contributed by atoms with Crippen molar-refractivity contribution in [2.75, 3.05) is 6.54 Å². The van der Waals surface area contributed by atoms with Crippen molar-refractivity contribution in [3.8, 4) is 0 Å². The van der Waals surface area contributed by atoms with Crippen LogP contribution in [0.2, 0.25) is 0 Å². The van der Waals surface area contributed by atoms with Crippen LogP contribution in [0.25, 0.3) is 11.0 Å². The lowest BCUT2D eigenvalue weighted by atomic mass is 9.91. The second kappa shape index (κ2) is 4.45. The third-order valence-corrected chi connectivity index (χ3v) is 4.75. The normalized spacial score (nSPS) is 22.4. The molecule has 1 aliphatic heterocycles. The summed E-state index contributed by atoms with van der Waals surface area (Å²) in [5.41, 5.74) is 3.47. The highest BCUT2D eigenvalue weighted by Gasteiger charge is 2.26. The van der Waals surface area contributed by atoms with Crippen LogP contribution >= 0.6 is 0 Å². The van der Waals surface area contributed by atoms with E-state index in [2.05, 4.69) is 10.4 Å². The van der Waals surface area contributed by atoms with Crippen LogP contribution in [0.5, 0.6) is 0 Å². The minimum atomic E-state index is 0.132. The number of rotatable bonds is 1. The molecule has 106 valence electrons. The van der Waals surface area contributed by atoms with Crippen molar-refractivity contribution in [1.29, 1.82) is 0 Å². The van der Waals surface area contributed by atoms with Crippen molar-refractivity contribution >= 4 is 11.0 Å². The summed E-state index contributed by atoms with van der Waals surface area (Å²) in [6.45, 7) is 0.994. The van der Waals surface area contributed by atoms with Crippen LogP contribution in [0.4, 0.5) is 0 Å². The minimum absolute atomic E-state index is 0.132. The van der Waals surface area contributed by atoms with Gasteiger partial charge in [0, 0.05) is 18.0 Å². The summed E-state index contributed by atoms with van der Waals surface area (Å²) in [6, 6.07) is 0. The first-order valence-electron chi connectivity index (χ1n) is 7.58. The number of aromatic nitrogens is 3. The van der Waals surface area contributed by atoms with E-state index in [4.69, 9.17) is 0 Å². The Morgan fingerprint density at radius 1 is 1.25 bits per heavy atom. The van der Waals surface area contributed by atoms with Crippen LogP contribution in [0, 0.1) is 0 Å². The Kier molecular flexibility index (Phi) is 2.70. The molecule has 5 heteroatoms. The molecule has 1 fully saturated rings. The first kappa shape index (κ1) is 12.1. The first-order chi connectivity index (χ1) is 9.77. The van der Waals surface area contributed by atoms with Gasteiger partial charge in [-0.2, -0.15) is 5.10 Å². The molecule has 20 heavy (non-hydrogen) atoms. The van der Waals surface area contributed by atoms with Crippen LogP contribution < -0.4 is 10.9 Å². The lowest BCUT2D eigenvalue weighted by Crippen LogP contribution is -2.35. The average molecular weight is 272 g/mol. The average Bonchev–Trinajstić information content (AvgIpc) is 3.11. The van der Waals surface area contributed by atoms with E-state index in [0.29, 0.717) is 0 Å². The molecule has 3 heterocycles. The summed E-state index contributed by atoms with van der Waals surface area (Å²) in [5, 5.41) is 9.03. The number of nitrogens with one attached hydrogen (secondary N) is 1. The quantitative estimate of drug-likeness (QED) is 0.856. The van der Waals surface area contributed by atoms with Gasteiger partial charge in [0.2, 0.25) is 0 Å². The fraction of sp³-hybridized carbons (Fsp3) is 0.600. The van der Waals surface area contributed by atoms with Crippen LogP contribution in [0.15, 0.2) is 11.0 Å². The number of pyridine rings is 1. The van der Waals surface area contributed by atoms with Crippen LogP contribution in [0.1, 0.15) is 43.0 Å². The predicted molar refractivity (Wildman–Crippen MR) is 77.9 cm³/mol. The third-order valence-electron chi connectivity index (χ3n) is 4.75. The third kappa shape index (κ3) is 1.59. The molecule has 0 spiro atoms. The molecular weight excluding hydrogens is 252 g/mol. The van der Waals surface area contributed by atoms with E-state index in [-0.39, 0.29) is 11.7 Å². The van der Waals surface area contributed by atoms with E-state index in [1.807, 2.05) is 22.5 Å². The maximum absolute atomic E-state index is 12.9.